The van der Waals surface area contributed by atoms with Crippen LogP contribution in [0.5, 0.6) is 5.75 Å². The highest BCUT2D eigenvalue weighted by molar-refractivity contribution is 5.97. The van der Waals surface area contributed by atoms with Gasteiger partial charge in [-0.05, 0) is 24.7 Å². The number of carbonyl (C=O) groups is 1. The van der Waals surface area contributed by atoms with Gasteiger partial charge in [0.1, 0.15) is 5.75 Å². The number of anilines is 1. The number of ether oxygens (including phenoxy) is 1. The molecule has 1 atom stereocenters. The zero-order valence-electron chi connectivity index (χ0n) is 9.86. The van der Waals surface area contributed by atoms with Crippen LogP contribution in [0.1, 0.15) is 11.7 Å². The Hall–Kier alpha value is -1.63. The number of nitrogens with one attached hydrogen (secondary N) is 2. The summed E-state index contributed by atoms with van der Waals surface area (Å²) in [5.74, 6) is 6.08. The van der Waals surface area contributed by atoms with Gasteiger partial charge in [0, 0.05) is 7.05 Å². The summed E-state index contributed by atoms with van der Waals surface area (Å²) in [6, 6.07) is 5.63. The second-order valence-electron chi connectivity index (χ2n) is 3.86. The molecule has 0 radical (unpaired) electrons. The first-order valence-electron chi connectivity index (χ1n) is 5.34. The van der Waals surface area contributed by atoms with Gasteiger partial charge in [-0.15, -0.1) is 0 Å². The Labute approximate surface area is 99.7 Å². The zero-order chi connectivity index (χ0) is 12.4. The van der Waals surface area contributed by atoms with Crippen molar-refractivity contribution >= 4 is 11.6 Å². The van der Waals surface area contributed by atoms with Gasteiger partial charge in [0.15, 0.2) is 6.61 Å². The van der Waals surface area contributed by atoms with Gasteiger partial charge in [-0.25, -0.2) is 5.43 Å². The molecule has 1 heterocycles. The van der Waals surface area contributed by atoms with Gasteiger partial charge in [0.2, 0.25) is 0 Å². The standard InChI is InChI=1S/C11H16N4O2/c1-13-11(14-12)7-3-4-9-8(5-7)15(2)10(16)6-17-9/h3-5,11,13-14H,6,12H2,1-2H3. The minimum Gasteiger partial charge on any atom is -0.482 e. The molecular weight excluding hydrogens is 220 g/mol. The number of fused-ring (bicyclic) bond motifs is 1. The van der Waals surface area contributed by atoms with E-state index < -0.39 is 0 Å². The molecule has 1 aromatic carbocycles. The second-order valence-corrected chi connectivity index (χ2v) is 3.86. The Bertz CT molecular complexity index is 431. The molecule has 2 rings (SSSR count). The predicted octanol–water partition coefficient (Wildman–Crippen LogP) is -0.277. The number of rotatable bonds is 3. The first kappa shape index (κ1) is 11.8. The van der Waals surface area contributed by atoms with E-state index in [4.69, 9.17) is 10.6 Å². The molecule has 0 aliphatic carbocycles. The first-order chi connectivity index (χ1) is 8.17. The number of nitrogens with zero attached hydrogens (tertiary/aromatic N) is 1. The van der Waals surface area contributed by atoms with Crippen LogP contribution >= 0.6 is 0 Å². The van der Waals surface area contributed by atoms with Crippen molar-refractivity contribution in [3.05, 3.63) is 23.8 Å². The van der Waals surface area contributed by atoms with Gasteiger partial charge >= 0.3 is 0 Å². The van der Waals surface area contributed by atoms with Crippen LogP contribution in [0.3, 0.4) is 0 Å². The third-order valence-corrected chi connectivity index (χ3v) is 2.86. The number of hydrogen-bond acceptors (Lipinski definition) is 5. The Morgan fingerprint density at radius 1 is 1.53 bits per heavy atom. The third kappa shape index (κ3) is 2.10. The largest absolute Gasteiger partial charge is 0.482 e. The highest BCUT2D eigenvalue weighted by atomic mass is 16.5. The van der Waals surface area contributed by atoms with E-state index in [0.717, 1.165) is 11.3 Å². The van der Waals surface area contributed by atoms with Crippen molar-refractivity contribution in [3.63, 3.8) is 0 Å². The van der Waals surface area contributed by atoms with Crippen molar-refractivity contribution in [2.24, 2.45) is 5.84 Å². The maximum absolute atomic E-state index is 11.5. The number of hydrazine groups is 1. The van der Waals surface area contributed by atoms with E-state index in [9.17, 15) is 4.79 Å². The fraction of sp³-hybridized carbons (Fsp3) is 0.364. The van der Waals surface area contributed by atoms with E-state index in [1.54, 1.807) is 19.0 Å². The monoisotopic (exact) mass is 236 g/mol. The van der Waals surface area contributed by atoms with Crippen LogP contribution in [-0.4, -0.2) is 26.6 Å². The maximum atomic E-state index is 11.5. The number of nitrogens with two attached hydrogens (primary N) is 1. The molecule has 17 heavy (non-hydrogen) atoms. The van der Waals surface area contributed by atoms with Crippen molar-refractivity contribution < 1.29 is 9.53 Å². The van der Waals surface area contributed by atoms with E-state index >= 15 is 0 Å². The lowest BCUT2D eigenvalue weighted by molar-refractivity contribution is -0.120. The summed E-state index contributed by atoms with van der Waals surface area (Å²) in [4.78, 5) is 13.1. The van der Waals surface area contributed by atoms with Gasteiger partial charge in [-0.2, -0.15) is 0 Å². The lowest BCUT2D eigenvalue weighted by Crippen LogP contribution is -2.38. The summed E-state index contributed by atoms with van der Waals surface area (Å²) in [6.07, 6.45) is -0.161. The number of carbonyl (C=O) groups excluding carboxylic acids is 1. The van der Waals surface area contributed by atoms with Gasteiger partial charge < -0.3 is 15.0 Å². The molecule has 92 valence electrons. The molecule has 0 spiro atoms. The predicted molar refractivity (Wildman–Crippen MR) is 64.5 cm³/mol. The Kier molecular flexibility index (Phi) is 3.28. The average Bonchev–Trinajstić information content (AvgIpc) is 2.36. The molecule has 4 N–H and O–H groups in total. The third-order valence-electron chi connectivity index (χ3n) is 2.86. The van der Waals surface area contributed by atoms with E-state index in [2.05, 4.69) is 10.7 Å². The van der Waals surface area contributed by atoms with Gasteiger partial charge in [0.25, 0.3) is 5.91 Å². The van der Waals surface area contributed by atoms with Gasteiger partial charge in [-0.3, -0.25) is 10.6 Å². The second kappa shape index (κ2) is 4.70. The molecule has 6 heteroatoms. The maximum Gasteiger partial charge on any atom is 0.264 e. The molecule has 0 fully saturated rings. The van der Waals surface area contributed by atoms with Crippen molar-refractivity contribution in [2.45, 2.75) is 6.17 Å². The van der Waals surface area contributed by atoms with E-state index in [0.29, 0.717) is 5.75 Å². The zero-order valence-corrected chi connectivity index (χ0v) is 9.86. The van der Waals surface area contributed by atoms with Gasteiger partial charge in [0.05, 0.1) is 11.9 Å². The molecule has 0 bridgehead atoms. The minimum absolute atomic E-state index is 0.0589. The van der Waals surface area contributed by atoms with Crippen LogP contribution in [0, 0.1) is 0 Å². The number of likely N-dealkylation sites (N-methyl/N-ethyl adjacent to an activating group) is 1. The number of benzene rings is 1. The lowest BCUT2D eigenvalue weighted by atomic mass is 10.1. The quantitative estimate of drug-likeness (QED) is 0.382. The van der Waals surface area contributed by atoms with Crippen molar-refractivity contribution in [1.82, 2.24) is 10.7 Å². The molecule has 0 saturated carbocycles. The molecule has 0 saturated heterocycles. The normalized spacial score (nSPS) is 16.4. The highest BCUT2D eigenvalue weighted by Crippen LogP contribution is 2.32. The fourth-order valence-corrected chi connectivity index (χ4v) is 1.82. The molecule has 6 nitrogen and oxygen atoms in total. The summed E-state index contributed by atoms with van der Waals surface area (Å²) in [7, 11) is 3.53. The van der Waals surface area contributed by atoms with E-state index in [1.165, 1.54) is 0 Å². The highest BCUT2D eigenvalue weighted by Gasteiger charge is 2.23. The van der Waals surface area contributed by atoms with Crippen LogP contribution in [0.25, 0.3) is 0 Å². The van der Waals surface area contributed by atoms with Crippen LogP contribution in [-0.2, 0) is 4.79 Å². The first-order valence-corrected chi connectivity index (χ1v) is 5.34. The Morgan fingerprint density at radius 2 is 2.29 bits per heavy atom. The summed E-state index contributed by atoms with van der Waals surface area (Å²) in [5.41, 5.74) is 4.35. The minimum atomic E-state index is -0.161. The lowest BCUT2D eigenvalue weighted by Gasteiger charge is -2.27. The fourth-order valence-electron chi connectivity index (χ4n) is 1.82. The average molecular weight is 236 g/mol. The molecule has 1 unspecified atom stereocenters. The summed E-state index contributed by atoms with van der Waals surface area (Å²) < 4.78 is 5.34. The van der Waals surface area contributed by atoms with Crippen molar-refractivity contribution in [1.29, 1.82) is 0 Å². The molecular formula is C11H16N4O2. The Balaban J connectivity index is 2.38. The van der Waals surface area contributed by atoms with Gasteiger partial charge in [-0.1, -0.05) is 6.07 Å². The van der Waals surface area contributed by atoms with Crippen LogP contribution < -0.4 is 26.2 Å². The molecule has 1 aliphatic rings. The van der Waals surface area contributed by atoms with Crippen LogP contribution in [0.15, 0.2) is 18.2 Å². The molecule has 1 aliphatic heterocycles. The number of hydrogen-bond donors (Lipinski definition) is 3. The molecule has 1 amide bonds. The molecule has 1 aromatic rings. The van der Waals surface area contributed by atoms with E-state index in [-0.39, 0.29) is 18.7 Å². The van der Waals surface area contributed by atoms with Crippen molar-refractivity contribution in [3.8, 4) is 5.75 Å². The Morgan fingerprint density at radius 3 is 2.94 bits per heavy atom. The van der Waals surface area contributed by atoms with Crippen LogP contribution in [0.2, 0.25) is 0 Å². The molecule has 0 aromatic heterocycles. The summed E-state index contributed by atoms with van der Waals surface area (Å²) in [5, 5.41) is 3.02. The summed E-state index contributed by atoms with van der Waals surface area (Å²) in [6.45, 7) is 0.0907. The van der Waals surface area contributed by atoms with Crippen LogP contribution in [0.4, 0.5) is 5.69 Å². The van der Waals surface area contributed by atoms with E-state index in [1.807, 2.05) is 18.2 Å². The number of amides is 1. The SMILES string of the molecule is CNC(NN)c1ccc2c(c1)N(C)C(=O)CO2. The summed E-state index contributed by atoms with van der Waals surface area (Å²) >= 11 is 0. The topological polar surface area (TPSA) is 79.6 Å². The smallest absolute Gasteiger partial charge is 0.264 e. The van der Waals surface area contributed by atoms with Crippen molar-refractivity contribution in [2.75, 3.05) is 25.6 Å².